The van der Waals surface area contributed by atoms with E-state index in [-0.39, 0.29) is 11.7 Å². The van der Waals surface area contributed by atoms with Crippen molar-refractivity contribution >= 4 is 22.6 Å². The maximum Gasteiger partial charge on any atom is 0.336 e. The molecule has 0 amide bonds. The summed E-state index contributed by atoms with van der Waals surface area (Å²) >= 11 is 6.37. The molecule has 1 unspecified atom stereocenters. The van der Waals surface area contributed by atoms with Crippen molar-refractivity contribution < 1.29 is 18.8 Å². The van der Waals surface area contributed by atoms with Crippen molar-refractivity contribution in [1.82, 2.24) is 0 Å². The van der Waals surface area contributed by atoms with Gasteiger partial charge in [0.1, 0.15) is 19.2 Å². The van der Waals surface area contributed by atoms with Gasteiger partial charge in [-0.05, 0) is 31.4 Å². The molecule has 23 heavy (non-hydrogen) atoms. The fourth-order valence-electron chi connectivity index (χ4n) is 3.51. The number of aryl methyl sites for hydroxylation is 1. The van der Waals surface area contributed by atoms with Gasteiger partial charge in [0.2, 0.25) is 6.73 Å². The molecule has 5 nitrogen and oxygen atoms in total. The van der Waals surface area contributed by atoms with Gasteiger partial charge in [-0.15, -0.1) is 0 Å². The first-order valence-electron chi connectivity index (χ1n) is 7.95. The van der Waals surface area contributed by atoms with Crippen molar-refractivity contribution in [1.29, 1.82) is 0 Å². The zero-order valence-corrected chi connectivity index (χ0v) is 13.7. The van der Waals surface area contributed by atoms with Crippen LogP contribution in [0.4, 0.5) is 0 Å². The van der Waals surface area contributed by atoms with Gasteiger partial charge in [-0.2, -0.15) is 0 Å². The van der Waals surface area contributed by atoms with Crippen molar-refractivity contribution in [3.05, 3.63) is 38.7 Å². The first-order valence-corrected chi connectivity index (χ1v) is 8.33. The topological polar surface area (TPSA) is 53.1 Å². The molecule has 2 aromatic rings. The third kappa shape index (κ3) is 2.73. The van der Waals surface area contributed by atoms with Gasteiger partial charge in [0.15, 0.2) is 11.3 Å². The van der Waals surface area contributed by atoms with E-state index in [1.165, 1.54) is 11.0 Å². The van der Waals surface area contributed by atoms with Gasteiger partial charge < -0.3 is 13.9 Å². The number of rotatable bonds is 2. The zero-order valence-electron chi connectivity index (χ0n) is 13.0. The summed E-state index contributed by atoms with van der Waals surface area (Å²) in [6, 6.07) is 3.31. The second kappa shape index (κ2) is 5.82. The van der Waals surface area contributed by atoms with E-state index < -0.39 is 0 Å². The molecule has 0 bridgehead atoms. The molecule has 0 radical (unpaired) electrons. The van der Waals surface area contributed by atoms with Crippen molar-refractivity contribution in [3.8, 4) is 5.75 Å². The van der Waals surface area contributed by atoms with Gasteiger partial charge in [0.05, 0.1) is 10.6 Å². The van der Waals surface area contributed by atoms with Crippen LogP contribution in [0.3, 0.4) is 0 Å². The van der Waals surface area contributed by atoms with E-state index in [0.29, 0.717) is 23.1 Å². The van der Waals surface area contributed by atoms with Crippen LogP contribution < -0.4 is 15.3 Å². The molecule has 1 aromatic heterocycles. The van der Waals surface area contributed by atoms with Gasteiger partial charge >= 0.3 is 5.63 Å². The Morgan fingerprint density at radius 3 is 3.04 bits per heavy atom. The molecule has 2 atom stereocenters. The Labute approximate surface area is 138 Å². The SMILES string of the molecule is Cc1cc(=O)oc2c3c(c(Cl)cc12)OC[NH+](C[C@@H]1CCCO1)C3. The molecule has 1 fully saturated rings. The van der Waals surface area contributed by atoms with E-state index in [2.05, 4.69) is 0 Å². The Morgan fingerprint density at radius 2 is 2.26 bits per heavy atom. The minimum Gasteiger partial charge on any atom is -0.443 e. The Balaban J connectivity index is 1.74. The van der Waals surface area contributed by atoms with Crippen molar-refractivity contribution in [3.63, 3.8) is 0 Å². The molecule has 1 N–H and O–H groups in total. The third-order valence-electron chi connectivity index (χ3n) is 4.63. The lowest BCUT2D eigenvalue weighted by Crippen LogP contribution is -3.13. The maximum atomic E-state index is 11.8. The lowest BCUT2D eigenvalue weighted by Gasteiger charge is -2.28. The lowest BCUT2D eigenvalue weighted by atomic mass is 10.0. The van der Waals surface area contributed by atoms with E-state index in [1.54, 1.807) is 0 Å². The summed E-state index contributed by atoms with van der Waals surface area (Å²) < 4.78 is 17.1. The second-order valence-electron chi connectivity index (χ2n) is 6.35. The number of benzene rings is 1. The number of ether oxygens (including phenoxy) is 2. The van der Waals surface area contributed by atoms with Crippen LogP contribution in [0.2, 0.25) is 5.02 Å². The fourth-order valence-corrected chi connectivity index (χ4v) is 3.79. The number of fused-ring (bicyclic) bond motifs is 3. The van der Waals surface area contributed by atoms with Crippen molar-refractivity contribution in [2.45, 2.75) is 32.4 Å². The molecule has 1 saturated heterocycles. The van der Waals surface area contributed by atoms with Gasteiger partial charge in [-0.25, -0.2) is 4.79 Å². The monoisotopic (exact) mass is 336 g/mol. The van der Waals surface area contributed by atoms with Crippen LogP contribution >= 0.6 is 11.6 Å². The molecular formula is C17H19ClNO4+. The van der Waals surface area contributed by atoms with E-state index in [1.807, 2.05) is 13.0 Å². The Hall–Kier alpha value is -1.56. The summed E-state index contributed by atoms with van der Waals surface area (Å²) in [5.74, 6) is 0.643. The summed E-state index contributed by atoms with van der Waals surface area (Å²) in [5, 5.41) is 1.44. The average Bonchev–Trinajstić information content (AvgIpc) is 3.02. The summed E-state index contributed by atoms with van der Waals surface area (Å²) in [4.78, 5) is 13.0. The highest BCUT2D eigenvalue weighted by molar-refractivity contribution is 6.33. The molecule has 2 aliphatic rings. The summed E-state index contributed by atoms with van der Waals surface area (Å²) in [6.07, 6.45) is 2.51. The van der Waals surface area contributed by atoms with Gasteiger partial charge in [0, 0.05) is 18.1 Å². The quantitative estimate of drug-likeness (QED) is 0.848. The van der Waals surface area contributed by atoms with Crippen LogP contribution in [0.5, 0.6) is 5.75 Å². The second-order valence-corrected chi connectivity index (χ2v) is 6.75. The molecule has 0 spiro atoms. The summed E-state index contributed by atoms with van der Waals surface area (Å²) in [5.41, 5.74) is 2.00. The number of halogens is 1. The van der Waals surface area contributed by atoms with Gasteiger partial charge in [-0.1, -0.05) is 11.6 Å². The molecule has 0 aliphatic carbocycles. The van der Waals surface area contributed by atoms with Crippen LogP contribution in [0.1, 0.15) is 24.0 Å². The number of nitrogens with one attached hydrogen (secondary N) is 1. The molecular weight excluding hydrogens is 318 g/mol. The van der Waals surface area contributed by atoms with E-state index in [0.717, 1.165) is 49.1 Å². The third-order valence-corrected chi connectivity index (χ3v) is 4.91. The Bertz CT molecular complexity index is 810. The number of hydrogen-bond donors (Lipinski definition) is 1. The zero-order chi connectivity index (χ0) is 16.0. The smallest absolute Gasteiger partial charge is 0.336 e. The molecule has 6 heteroatoms. The Morgan fingerprint density at radius 1 is 1.39 bits per heavy atom. The van der Waals surface area contributed by atoms with Crippen LogP contribution in [-0.2, 0) is 11.3 Å². The van der Waals surface area contributed by atoms with Crippen LogP contribution in [-0.4, -0.2) is 26.0 Å². The van der Waals surface area contributed by atoms with Gasteiger partial charge in [-0.3, -0.25) is 4.90 Å². The fraction of sp³-hybridized carbons (Fsp3) is 0.471. The predicted molar refractivity (Wildman–Crippen MR) is 86.2 cm³/mol. The molecule has 0 saturated carbocycles. The predicted octanol–water partition coefficient (Wildman–Crippen LogP) is 1.67. The first-order chi connectivity index (χ1) is 11.1. The summed E-state index contributed by atoms with van der Waals surface area (Å²) in [6.45, 7) is 4.90. The Kier molecular flexibility index (Phi) is 3.79. The highest BCUT2D eigenvalue weighted by atomic mass is 35.5. The van der Waals surface area contributed by atoms with Crippen LogP contribution in [0.25, 0.3) is 11.0 Å². The van der Waals surface area contributed by atoms with Crippen LogP contribution in [0.15, 0.2) is 21.3 Å². The normalized spacial score (nSPS) is 23.7. The largest absolute Gasteiger partial charge is 0.443 e. The summed E-state index contributed by atoms with van der Waals surface area (Å²) in [7, 11) is 0. The van der Waals surface area contributed by atoms with E-state index in [4.69, 9.17) is 25.5 Å². The number of quaternary nitrogens is 1. The maximum absolute atomic E-state index is 11.8. The molecule has 3 heterocycles. The standard InChI is InChI=1S/C17H18ClNO4/c1-10-5-15(20)23-16-12(10)6-14(18)17-13(16)8-19(9-22-17)7-11-3-2-4-21-11/h5-6,11H,2-4,7-9H2,1H3/p+1/t11-/m0/s1. The highest BCUT2D eigenvalue weighted by Gasteiger charge is 2.30. The van der Waals surface area contributed by atoms with Crippen molar-refractivity contribution in [2.24, 2.45) is 0 Å². The van der Waals surface area contributed by atoms with Crippen LogP contribution in [0, 0.1) is 6.92 Å². The average molecular weight is 337 g/mol. The van der Waals surface area contributed by atoms with Gasteiger partial charge in [0.25, 0.3) is 0 Å². The van der Waals surface area contributed by atoms with Crippen molar-refractivity contribution in [2.75, 3.05) is 19.9 Å². The van der Waals surface area contributed by atoms with E-state index >= 15 is 0 Å². The molecule has 2 aliphatic heterocycles. The minimum absolute atomic E-state index is 0.286. The molecule has 1 aromatic carbocycles. The van der Waals surface area contributed by atoms with E-state index in [9.17, 15) is 4.79 Å². The molecule has 4 rings (SSSR count). The highest BCUT2D eigenvalue weighted by Crippen LogP contribution is 2.36. The lowest BCUT2D eigenvalue weighted by molar-refractivity contribution is -0.935. The molecule has 122 valence electrons. The minimum atomic E-state index is -0.342. The number of hydrogen-bond acceptors (Lipinski definition) is 4. The first kappa shape index (κ1) is 15.0.